The molecule has 2 heterocycles. The highest BCUT2D eigenvalue weighted by Gasteiger charge is 2.18. The molecular formula is C29H34N4O2S. The molecule has 0 aliphatic heterocycles. The van der Waals surface area contributed by atoms with E-state index in [1.807, 2.05) is 30.4 Å². The SMILES string of the molecule is COc1cc2nc(C)nc(NC(C)c3ccc(-c4ccccc4CNC4CCCC4)s3)c2cc1OC. The summed E-state index contributed by atoms with van der Waals surface area (Å²) in [6.07, 6.45) is 5.29. The van der Waals surface area contributed by atoms with Crippen LogP contribution in [0.15, 0.2) is 48.5 Å². The van der Waals surface area contributed by atoms with Crippen LogP contribution in [0.5, 0.6) is 11.5 Å². The van der Waals surface area contributed by atoms with Crippen molar-refractivity contribution >= 4 is 28.1 Å². The number of aryl methyl sites for hydroxylation is 1. The predicted molar refractivity (Wildman–Crippen MR) is 148 cm³/mol. The van der Waals surface area contributed by atoms with Crippen LogP contribution in [-0.2, 0) is 6.54 Å². The zero-order chi connectivity index (χ0) is 25.1. The molecule has 0 amide bonds. The molecule has 0 saturated heterocycles. The van der Waals surface area contributed by atoms with E-state index in [1.165, 1.54) is 46.6 Å². The van der Waals surface area contributed by atoms with E-state index in [0.29, 0.717) is 23.4 Å². The molecule has 0 radical (unpaired) electrons. The van der Waals surface area contributed by atoms with Crippen molar-refractivity contribution in [2.75, 3.05) is 19.5 Å². The van der Waals surface area contributed by atoms with Gasteiger partial charge in [-0.2, -0.15) is 0 Å². The van der Waals surface area contributed by atoms with Crippen LogP contribution in [0.3, 0.4) is 0 Å². The van der Waals surface area contributed by atoms with Gasteiger partial charge < -0.3 is 20.1 Å². The van der Waals surface area contributed by atoms with Crippen LogP contribution in [0.2, 0.25) is 0 Å². The largest absolute Gasteiger partial charge is 0.493 e. The Hall–Kier alpha value is -3.16. The minimum atomic E-state index is 0.0816. The first-order chi connectivity index (χ1) is 17.6. The minimum Gasteiger partial charge on any atom is -0.493 e. The number of nitrogens with zero attached hydrogens (tertiary/aromatic N) is 2. The maximum atomic E-state index is 5.52. The molecule has 4 aromatic rings. The van der Waals surface area contributed by atoms with Crippen molar-refractivity contribution in [1.82, 2.24) is 15.3 Å². The number of anilines is 1. The molecule has 1 atom stereocenters. The van der Waals surface area contributed by atoms with E-state index >= 15 is 0 Å². The molecule has 1 unspecified atom stereocenters. The Labute approximate surface area is 217 Å². The fourth-order valence-corrected chi connectivity index (χ4v) is 6.06. The molecule has 1 aliphatic carbocycles. The minimum absolute atomic E-state index is 0.0816. The number of thiophene rings is 1. The third-order valence-electron chi connectivity index (χ3n) is 6.94. The fourth-order valence-electron chi connectivity index (χ4n) is 4.99. The molecule has 6 nitrogen and oxygen atoms in total. The molecule has 1 fully saturated rings. The number of aromatic nitrogens is 2. The normalized spacial score (nSPS) is 14.8. The van der Waals surface area contributed by atoms with Gasteiger partial charge in [-0.3, -0.25) is 0 Å². The van der Waals surface area contributed by atoms with E-state index in [4.69, 9.17) is 14.5 Å². The Morgan fingerprint density at radius 2 is 1.75 bits per heavy atom. The number of nitrogens with one attached hydrogen (secondary N) is 2. The van der Waals surface area contributed by atoms with Crippen molar-refractivity contribution in [3.8, 4) is 21.9 Å². The van der Waals surface area contributed by atoms with Crippen molar-refractivity contribution in [2.45, 2.75) is 58.2 Å². The summed E-state index contributed by atoms with van der Waals surface area (Å²) in [4.78, 5) is 11.9. The van der Waals surface area contributed by atoms with Crippen molar-refractivity contribution in [3.63, 3.8) is 0 Å². The Morgan fingerprint density at radius 3 is 2.53 bits per heavy atom. The Morgan fingerprint density at radius 1 is 1.00 bits per heavy atom. The second-order valence-electron chi connectivity index (χ2n) is 9.43. The molecule has 5 rings (SSSR count). The standard InChI is InChI=1S/C29H34N4O2S/c1-18(31-29-23-15-25(34-3)26(35-4)16-24(23)32-19(2)33-29)27-13-14-28(36-27)22-12-8-5-9-20(22)17-30-21-10-6-7-11-21/h5,8-9,12-16,18,21,30H,6-7,10-11,17H2,1-4H3,(H,31,32,33). The average molecular weight is 503 g/mol. The lowest BCUT2D eigenvalue weighted by Crippen LogP contribution is -2.25. The molecule has 0 bridgehead atoms. The van der Waals surface area contributed by atoms with E-state index in [9.17, 15) is 0 Å². The lowest BCUT2D eigenvalue weighted by Gasteiger charge is -2.17. The van der Waals surface area contributed by atoms with Gasteiger partial charge in [0, 0.05) is 33.8 Å². The van der Waals surface area contributed by atoms with Gasteiger partial charge in [-0.15, -0.1) is 11.3 Å². The zero-order valence-corrected chi connectivity index (χ0v) is 22.2. The van der Waals surface area contributed by atoms with E-state index in [-0.39, 0.29) is 6.04 Å². The van der Waals surface area contributed by atoms with Crippen LogP contribution in [0, 0.1) is 6.92 Å². The maximum absolute atomic E-state index is 5.52. The highest BCUT2D eigenvalue weighted by molar-refractivity contribution is 7.15. The first-order valence-corrected chi connectivity index (χ1v) is 13.5. The zero-order valence-electron chi connectivity index (χ0n) is 21.4. The van der Waals surface area contributed by atoms with Gasteiger partial charge in [0.1, 0.15) is 11.6 Å². The molecule has 188 valence electrons. The summed E-state index contributed by atoms with van der Waals surface area (Å²) >= 11 is 1.83. The van der Waals surface area contributed by atoms with Crippen molar-refractivity contribution in [2.24, 2.45) is 0 Å². The number of fused-ring (bicyclic) bond motifs is 1. The van der Waals surface area contributed by atoms with Gasteiger partial charge in [-0.05, 0) is 56.0 Å². The van der Waals surface area contributed by atoms with Crippen molar-refractivity contribution in [3.05, 3.63) is 64.8 Å². The van der Waals surface area contributed by atoms with Crippen molar-refractivity contribution in [1.29, 1.82) is 0 Å². The van der Waals surface area contributed by atoms with Gasteiger partial charge in [0.05, 0.1) is 25.8 Å². The van der Waals surface area contributed by atoms with Crippen LogP contribution in [-0.4, -0.2) is 30.2 Å². The lowest BCUT2D eigenvalue weighted by molar-refractivity contribution is 0.356. The molecule has 1 aliphatic rings. The van der Waals surface area contributed by atoms with Gasteiger partial charge in [0.2, 0.25) is 0 Å². The molecule has 2 aromatic heterocycles. The number of hydrogen-bond donors (Lipinski definition) is 2. The number of methoxy groups -OCH3 is 2. The van der Waals surface area contributed by atoms with Crippen LogP contribution in [0.4, 0.5) is 5.82 Å². The van der Waals surface area contributed by atoms with Gasteiger partial charge >= 0.3 is 0 Å². The third kappa shape index (κ3) is 5.18. The summed E-state index contributed by atoms with van der Waals surface area (Å²) in [5.74, 6) is 2.82. The molecule has 0 spiro atoms. The van der Waals surface area contributed by atoms with E-state index in [1.54, 1.807) is 14.2 Å². The molecule has 2 N–H and O–H groups in total. The molecule has 1 saturated carbocycles. The van der Waals surface area contributed by atoms with Crippen LogP contribution < -0.4 is 20.1 Å². The summed E-state index contributed by atoms with van der Waals surface area (Å²) in [6, 6.07) is 17.8. The first-order valence-electron chi connectivity index (χ1n) is 12.6. The summed E-state index contributed by atoms with van der Waals surface area (Å²) < 4.78 is 11.0. The van der Waals surface area contributed by atoms with Gasteiger partial charge in [-0.25, -0.2) is 9.97 Å². The third-order valence-corrected chi connectivity index (χ3v) is 8.24. The molecular weight excluding hydrogens is 468 g/mol. The number of rotatable bonds is 9. The highest BCUT2D eigenvalue weighted by Crippen LogP contribution is 2.37. The number of hydrogen-bond acceptors (Lipinski definition) is 7. The maximum Gasteiger partial charge on any atom is 0.162 e. The summed E-state index contributed by atoms with van der Waals surface area (Å²) in [7, 11) is 3.28. The topological polar surface area (TPSA) is 68.3 Å². The monoisotopic (exact) mass is 502 g/mol. The van der Waals surface area contributed by atoms with E-state index in [2.05, 4.69) is 58.9 Å². The second kappa shape index (κ2) is 10.8. The Bertz CT molecular complexity index is 1350. The highest BCUT2D eigenvalue weighted by atomic mass is 32.1. The lowest BCUT2D eigenvalue weighted by atomic mass is 10.1. The Kier molecular flexibility index (Phi) is 7.39. The molecule has 7 heteroatoms. The van der Waals surface area contributed by atoms with Crippen LogP contribution >= 0.6 is 11.3 Å². The van der Waals surface area contributed by atoms with Crippen LogP contribution in [0.25, 0.3) is 21.3 Å². The molecule has 2 aromatic carbocycles. The second-order valence-corrected chi connectivity index (χ2v) is 10.5. The van der Waals surface area contributed by atoms with Gasteiger partial charge in [0.25, 0.3) is 0 Å². The van der Waals surface area contributed by atoms with E-state index < -0.39 is 0 Å². The van der Waals surface area contributed by atoms with Crippen molar-refractivity contribution < 1.29 is 9.47 Å². The van der Waals surface area contributed by atoms with E-state index in [0.717, 1.165) is 23.3 Å². The van der Waals surface area contributed by atoms with Gasteiger partial charge in [-0.1, -0.05) is 37.1 Å². The summed E-state index contributed by atoms with van der Waals surface area (Å²) in [5.41, 5.74) is 3.49. The summed E-state index contributed by atoms with van der Waals surface area (Å²) in [5, 5.41) is 8.30. The quantitative estimate of drug-likeness (QED) is 0.260. The fraction of sp³-hybridized carbons (Fsp3) is 0.379. The number of benzene rings is 2. The molecule has 36 heavy (non-hydrogen) atoms. The van der Waals surface area contributed by atoms with Crippen LogP contribution in [0.1, 0.15) is 54.9 Å². The van der Waals surface area contributed by atoms with Gasteiger partial charge in [0.15, 0.2) is 11.5 Å². The smallest absolute Gasteiger partial charge is 0.162 e. The Balaban J connectivity index is 1.38. The predicted octanol–water partition coefficient (Wildman–Crippen LogP) is 6.89. The number of ether oxygens (including phenoxy) is 2. The first kappa shape index (κ1) is 24.5. The summed E-state index contributed by atoms with van der Waals surface area (Å²) in [6.45, 7) is 5.00. The average Bonchev–Trinajstić information content (AvgIpc) is 3.59.